The van der Waals surface area contributed by atoms with Crippen molar-refractivity contribution in [2.24, 2.45) is 4.99 Å². The molecule has 36 heavy (non-hydrogen) atoms. The van der Waals surface area contributed by atoms with E-state index < -0.39 is 21.8 Å². The van der Waals surface area contributed by atoms with Crippen LogP contribution in [0.4, 0.5) is 21.5 Å². The number of rotatable bonds is 9. The van der Waals surface area contributed by atoms with E-state index in [1.165, 1.54) is 16.4 Å². The summed E-state index contributed by atoms with van der Waals surface area (Å²) in [6.45, 7) is 2.53. The van der Waals surface area contributed by atoms with Crippen molar-refractivity contribution in [1.29, 1.82) is 0 Å². The fourth-order valence-electron chi connectivity index (χ4n) is 4.12. The lowest BCUT2D eigenvalue weighted by Crippen LogP contribution is -2.37. The minimum atomic E-state index is -3.46. The van der Waals surface area contributed by atoms with E-state index in [0.29, 0.717) is 41.4 Å². The van der Waals surface area contributed by atoms with Crippen molar-refractivity contribution in [2.45, 2.75) is 12.8 Å². The van der Waals surface area contributed by atoms with Crippen molar-refractivity contribution < 1.29 is 17.6 Å². The summed E-state index contributed by atoms with van der Waals surface area (Å²) in [5, 5.41) is 2.76. The first-order chi connectivity index (χ1) is 17.2. The topological polar surface area (TPSA) is 82.1 Å². The maximum Gasteiger partial charge on any atom is 0.238 e. The van der Waals surface area contributed by atoms with Gasteiger partial charge < -0.3 is 10.2 Å². The van der Waals surface area contributed by atoms with Crippen LogP contribution in [0.3, 0.4) is 0 Å². The molecule has 0 saturated heterocycles. The van der Waals surface area contributed by atoms with Crippen LogP contribution in [0.5, 0.6) is 0 Å². The standard InChI is InChI=1S/C27H29FN4O3S/c1-4-36(34,35)32(17-16-31(2)3)22-13-11-21(12-14-22)29-26(19-8-6-5-7-9-19)25-23-15-10-20(28)18-24(23)30-27(25)33/h5-15,18,25H,4,16-17H2,1-3H3,(H,30,33). The second-order valence-electron chi connectivity index (χ2n) is 8.81. The van der Waals surface area contributed by atoms with Gasteiger partial charge in [0.1, 0.15) is 11.7 Å². The van der Waals surface area contributed by atoms with Gasteiger partial charge in [0, 0.05) is 18.8 Å². The quantitative estimate of drug-likeness (QED) is 0.435. The minimum absolute atomic E-state index is 0.00468. The highest BCUT2D eigenvalue weighted by molar-refractivity contribution is 7.92. The van der Waals surface area contributed by atoms with Crippen molar-refractivity contribution in [3.63, 3.8) is 0 Å². The predicted molar refractivity (Wildman–Crippen MR) is 142 cm³/mol. The molecule has 0 aliphatic carbocycles. The van der Waals surface area contributed by atoms with Gasteiger partial charge in [0.25, 0.3) is 0 Å². The Morgan fingerprint density at radius 2 is 1.69 bits per heavy atom. The van der Waals surface area contributed by atoms with Crippen LogP contribution in [0.1, 0.15) is 24.0 Å². The maximum atomic E-state index is 13.8. The van der Waals surface area contributed by atoms with Crippen molar-refractivity contribution in [2.75, 3.05) is 42.6 Å². The molecule has 1 amide bonds. The van der Waals surface area contributed by atoms with Crippen LogP contribution in [0.2, 0.25) is 0 Å². The number of anilines is 2. The van der Waals surface area contributed by atoms with Gasteiger partial charge in [-0.3, -0.25) is 14.1 Å². The van der Waals surface area contributed by atoms with Gasteiger partial charge in [0.15, 0.2) is 0 Å². The monoisotopic (exact) mass is 508 g/mol. The van der Waals surface area contributed by atoms with Crippen LogP contribution in [-0.2, 0) is 14.8 Å². The van der Waals surface area contributed by atoms with Gasteiger partial charge in [-0.2, -0.15) is 0 Å². The molecule has 0 bridgehead atoms. The number of sulfonamides is 1. The molecule has 1 unspecified atom stereocenters. The Hall–Kier alpha value is -3.56. The molecule has 1 atom stereocenters. The summed E-state index contributed by atoms with van der Waals surface area (Å²) in [5.74, 6) is -1.42. The number of carbonyl (C=O) groups excluding carboxylic acids is 1. The molecule has 1 heterocycles. The molecule has 188 valence electrons. The SMILES string of the molecule is CCS(=O)(=O)N(CCN(C)C)c1ccc(N=C(c2ccccc2)C2C(=O)Nc3cc(F)ccc32)cc1. The summed E-state index contributed by atoms with van der Waals surface area (Å²) in [7, 11) is 0.330. The number of nitrogens with zero attached hydrogens (tertiary/aromatic N) is 3. The molecule has 9 heteroatoms. The molecule has 3 aromatic rings. The first-order valence-corrected chi connectivity index (χ1v) is 13.3. The molecule has 4 rings (SSSR count). The molecule has 1 aliphatic heterocycles. The number of hydrogen-bond donors (Lipinski definition) is 1. The number of likely N-dealkylation sites (N-methyl/N-ethyl adjacent to an activating group) is 1. The number of nitrogens with one attached hydrogen (secondary N) is 1. The van der Waals surface area contributed by atoms with Crippen LogP contribution >= 0.6 is 0 Å². The number of amides is 1. The number of benzene rings is 3. The predicted octanol–water partition coefficient (Wildman–Crippen LogP) is 4.40. The fourth-order valence-corrected chi connectivity index (χ4v) is 5.23. The van der Waals surface area contributed by atoms with Crippen LogP contribution in [0.15, 0.2) is 77.8 Å². The Morgan fingerprint density at radius 1 is 1.00 bits per heavy atom. The second-order valence-corrected chi connectivity index (χ2v) is 11.0. The third-order valence-corrected chi connectivity index (χ3v) is 7.82. The van der Waals surface area contributed by atoms with E-state index in [9.17, 15) is 17.6 Å². The number of aliphatic imine (C=N–C) groups is 1. The van der Waals surface area contributed by atoms with E-state index in [4.69, 9.17) is 4.99 Å². The Kier molecular flexibility index (Phi) is 7.51. The number of fused-ring (bicyclic) bond motifs is 1. The molecule has 0 saturated carbocycles. The van der Waals surface area contributed by atoms with Crippen LogP contribution in [-0.4, -0.2) is 57.9 Å². The highest BCUT2D eigenvalue weighted by Gasteiger charge is 2.35. The van der Waals surface area contributed by atoms with Gasteiger partial charge in [0.05, 0.1) is 22.8 Å². The first-order valence-electron chi connectivity index (χ1n) is 11.7. The summed E-state index contributed by atoms with van der Waals surface area (Å²) >= 11 is 0. The molecular formula is C27H29FN4O3S. The van der Waals surface area contributed by atoms with Crippen molar-refractivity contribution in [1.82, 2.24) is 4.90 Å². The highest BCUT2D eigenvalue weighted by Crippen LogP contribution is 2.37. The molecule has 1 N–H and O–H groups in total. The summed E-state index contributed by atoms with van der Waals surface area (Å²) in [6.07, 6.45) is 0. The molecule has 0 spiro atoms. The van der Waals surface area contributed by atoms with Crippen LogP contribution in [0, 0.1) is 5.82 Å². The lowest BCUT2D eigenvalue weighted by atomic mass is 9.90. The van der Waals surface area contributed by atoms with Crippen molar-refractivity contribution >= 4 is 38.7 Å². The average Bonchev–Trinajstić information content (AvgIpc) is 3.18. The lowest BCUT2D eigenvalue weighted by molar-refractivity contribution is -0.115. The normalized spacial score (nSPS) is 15.6. The molecule has 7 nitrogen and oxygen atoms in total. The van der Waals surface area contributed by atoms with Gasteiger partial charge in [0.2, 0.25) is 15.9 Å². The van der Waals surface area contributed by atoms with Crippen LogP contribution in [0.25, 0.3) is 0 Å². The summed E-state index contributed by atoms with van der Waals surface area (Å²) < 4.78 is 40.6. The molecule has 3 aromatic carbocycles. The zero-order valence-electron chi connectivity index (χ0n) is 20.5. The van der Waals surface area contributed by atoms with Gasteiger partial charge in [-0.05, 0) is 68.5 Å². The van der Waals surface area contributed by atoms with Crippen molar-refractivity contribution in [3.05, 3.63) is 89.7 Å². The van der Waals surface area contributed by atoms with Crippen molar-refractivity contribution in [3.8, 4) is 0 Å². The third-order valence-electron chi connectivity index (χ3n) is 6.03. The Balaban J connectivity index is 1.74. The largest absolute Gasteiger partial charge is 0.325 e. The van der Waals surface area contributed by atoms with E-state index in [2.05, 4.69) is 5.32 Å². The second kappa shape index (κ2) is 10.6. The maximum absolute atomic E-state index is 13.8. The summed E-state index contributed by atoms with van der Waals surface area (Å²) in [6, 6.07) is 20.5. The van der Waals surface area contributed by atoms with Gasteiger partial charge >= 0.3 is 0 Å². The van der Waals surface area contributed by atoms with E-state index >= 15 is 0 Å². The summed E-state index contributed by atoms with van der Waals surface area (Å²) in [4.78, 5) is 19.7. The zero-order chi connectivity index (χ0) is 25.9. The smallest absolute Gasteiger partial charge is 0.238 e. The highest BCUT2D eigenvalue weighted by atomic mass is 32.2. The zero-order valence-corrected chi connectivity index (χ0v) is 21.3. The molecule has 0 aromatic heterocycles. The summed E-state index contributed by atoms with van der Waals surface area (Å²) in [5.41, 5.74) is 3.51. The third kappa shape index (κ3) is 5.47. The molecule has 0 radical (unpaired) electrons. The first kappa shape index (κ1) is 25.5. The Labute approximate surface area is 211 Å². The Morgan fingerprint density at radius 3 is 2.33 bits per heavy atom. The molecule has 1 aliphatic rings. The minimum Gasteiger partial charge on any atom is -0.325 e. The van der Waals surface area contributed by atoms with E-state index in [1.807, 2.05) is 49.3 Å². The van der Waals surface area contributed by atoms with E-state index in [1.54, 1.807) is 37.3 Å². The fraction of sp³-hybridized carbons (Fsp3) is 0.259. The molecular weight excluding hydrogens is 479 g/mol. The number of halogens is 1. The van der Waals surface area contributed by atoms with E-state index in [-0.39, 0.29) is 11.7 Å². The Bertz CT molecular complexity index is 1370. The lowest BCUT2D eigenvalue weighted by Gasteiger charge is -2.25. The van der Waals surface area contributed by atoms with Crippen LogP contribution < -0.4 is 9.62 Å². The van der Waals surface area contributed by atoms with Gasteiger partial charge in [-0.15, -0.1) is 0 Å². The molecule has 0 fully saturated rings. The number of carbonyl (C=O) groups is 1. The van der Waals surface area contributed by atoms with E-state index in [0.717, 1.165) is 5.56 Å². The van der Waals surface area contributed by atoms with Gasteiger partial charge in [-0.25, -0.2) is 12.8 Å². The number of hydrogen-bond acceptors (Lipinski definition) is 5. The van der Waals surface area contributed by atoms with Gasteiger partial charge in [-0.1, -0.05) is 36.4 Å². The average molecular weight is 509 g/mol.